The average molecular weight is 342 g/mol. The van der Waals surface area contributed by atoms with Crippen LogP contribution in [-0.2, 0) is 4.79 Å². The summed E-state index contributed by atoms with van der Waals surface area (Å²) >= 11 is 0. The van der Waals surface area contributed by atoms with Crippen LogP contribution in [0.1, 0.15) is 18.1 Å². The number of ether oxygens (including phenoxy) is 3. The standard InChI is InChI=1S/C19H18O6/c1-2-23-17-10-12(3-5-15(17)20)9-14(19(21)22)13-4-6-16-18(11-13)25-8-7-24-16/h3-6,9-11,20H,2,7-8H2,1H3,(H,21,22)/b14-9-. The molecule has 0 aromatic heterocycles. The lowest BCUT2D eigenvalue weighted by molar-refractivity contribution is -0.130. The van der Waals surface area contributed by atoms with Gasteiger partial charge in [0.25, 0.3) is 0 Å². The topological polar surface area (TPSA) is 85.2 Å². The van der Waals surface area contributed by atoms with Crippen LogP contribution in [0.25, 0.3) is 11.6 Å². The molecule has 0 spiro atoms. The number of benzene rings is 2. The SMILES string of the molecule is CCOc1cc(/C=C(\C(=O)O)c2ccc3c(c2)OCCO3)ccc1O. The number of hydrogen-bond donors (Lipinski definition) is 2. The molecule has 6 heteroatoms. The van der Waals surface area contributed by atoms with Gasteiger partial charge >= 0.3 is 5.97 Å². The van der Waals surface area contributed by atoms with E-state index in [4.69, 9.17) is 14.2 Å². The van der Waals surface area contributed by atoms with E-state index >= 15 is 0 Å². The highest BCUT2D eigenvalue weighted by molar-refractivity contribution is 6.20. The number of rotatable bonds is 5. The fourth-order valence-electron chi connectivity index (χ4n) is 2.54. The first-order valence-electron chi connectivity index (χ1n) is 7.89. The Morgan fingerprint density at radius 1 is 1.16 bits per heavy atom. The zero-order chi connectivity index (χ0) is 17.8. The predicted octanol–water partition coefficient (Wildman–Crippen LogP) is 3.19. The molecule has 1 aliphatic heterocycles. The number of hydrogen-bond acceptors (Lipinski definition) is 5. The molecule has 0 saturated heterocycles. The molecule has 0 radical (unpaired) electrons. The quantitative estimate of drug-likeness (QED) is 0.641. The second-order valence-electron chi connectivity index (χ2n) is 5.38. The largest absolute Gasteiger partial charge is 0.504 e. The maximum absolute atomic E-state index is 11.7. The first-order chi connectivity index (χ1) is 12.1. The maximum Gasteiger partial charge on any atom is 0.336 e. The molecule has 0 amide bonds. The molecule has 0 bridgehead atoms. The van der Waals surface area contributed by atoms with E-state index < -0.39 is 5.97 Å². The number of fused-ring (bicyclic) bond motifs is 1. The molecular weight excluding hydrogens is 324 g/mol. The molecule has 0 fully saturated rings. The van der Waals surface area contributed by atoms with Crippen molar-refractivity contribution in [2.45, 2.75) is 6.92 Å². The Morgan fingerprint density at radius 3 is 2.64 bits per heavy atom. The van der Waals surface area contributed by atoms with Crippen LogP contribution in [0.3, 0.4) is 0 Å². The molecule has 2 aromatic rings. The second-order valence-corrected chi connectivity index (χ2v) is 5.38. The Morgan fingerprint density at radius 2 is 1.92 bits per heavy atom. The van der Waals surface area contributed by atoms with Gasteiger partial charge in [-0.25, -0.2) is 4.79 Å². The van der Waals surface area contributed by atoms with Crippen molar-refractivity contribution in [2.75, 3.05) is 19.8 Å². The normalized spacial score (nSPS) is 13.4. The Balaban J connectivity index is 2.00. The van der Waals surface area contributed by atoms with Gasteiger partial charge in [-0.2, -0.15) is 0 Å². The van der Waals surface area contributed by atoms with E-state index in [0.717, 1.165) is 0 Å². The third-order valence-electron chi connectivity index (χ3n) is 3.68. The fraction of sp³-hybridized carbons (Fsp3) is 0.211. The van der Waals surface area contributed by atoms with Crippen LogP contribution < -0.4 is 14.2 Å². The summed E-state index contributed by atoms with van der Waals surface area (Å²) in [5.41, 5.74) is 1.21. The summed E-state index contributed by atoms with van der Waals surface area (Å²) in [6, 6.07) is 9.72. The minimum atomic E-state index is -1.07. The van der Waals surface area contributed by atoms with Crippen LogP contribution in [-0.4, -0.2) is 36.0 Å². The molecule has 1 heterocycles. The molecule has 25 heavy (non-hydrogen) atoms. The van der Waals surface area contributed by atoms with Crippen LogP contribution >= 0.6 is 0 Å². The van der Waals surface area contributed by atoms with Crippen molar-refractivity contribution in [3.8, 4) is 23.0 Å². The Labute approximate surface area is 144 Å². The summed E-state index contributed by atoms with van der Waals surface area (Å²) in [7, 11) is 0. The summed E-state index contributed by atoms with van der Waals surface area (Å²) in [6.07, 6.45) is 1.52. The predicted molar refractivity (Wildman–Crippen MR) is 92.2 cm³/mol. The van der Waals surface area contributed by atoms with Crippen LogP contribution in [0.4, 0.5) is 0 Å². The Bertz CT molecular complexity index is 825. The molecule has 3 rings (SSSR count). The molecular formula is C19H18O6. The summed E-state index contributed by atoms with van der Waals surface area (Å²) < 4.78 is 16.3. The molecule has 0 unspecified atom stereocenters. The average Bonchev–Trinajstić information content (AvgIpc) is 2.62. The van der Waals surface area contributed by atoms with Gasteiger partial charge in [0.2, 0.25) is 0 Å². The number of phenols is 1. The van der Waals surface area contributed by atoms with E-state index in [0.29, 0.717) is 48.2 Å². The van der Waals surface area contributed by atoms with Crippen molar-refractivity contribution in [2.24, 2.45) is 0 Å². The van der Waals surface area contributed by atoms with E-state index in [1.165, 1.54) is 12.1 Å². The lowest BCUT2D eigenvalue weighted by atomic mass is 10.0. The monoisotopic (exact) mass is 342 g/mol. The van der Waals surface area contributed by atoms with Crippen molar-refractivity contribution in [1.82, 2.24) is 0 Å². The number of phenolic OH excluding ortho intramolecular Hbond substituents is 1. The maximum atomic E-state index is 11.7. The van der Waals surface area contributed by atoms with Crippen LogP contribution in [0, 0.1) is 0 Å². The van der Waals surface area contributed by atoms with E-state index in [-0.39, 0.29) is 11.3 Å². The number of aromatic hydroxyl groups is 1. The van der Waals surface area contributed by atoms with E-state index in [9.17, 15) is 15.0 Å². The number of aliphatic carboxylic acids is 1. The van der Waals surface area contributed by atoms with Crippen molar-refractivity contribution < 1.29 is 29.2 Å². The minimum absolute atomic E-state index is 0.00945. The first kappa shape index (κ1) is 16.7. The smallest absolute Gasteiger partial charge is 0.336 e. The first-order valence-corrected chi connectivity index (χ1v) is 7.89. The third-order valence-corrected chi connectivity index (χ3v) is 3.68. The van der Waals surface area contributed by atoms with Crippen molar-refractivity contribution in [1.29, 1.82) is 0 Å². The Kier molecular flexibility index (Phi) is 4.79. The molecule has 0 saturated carbocycles. The lowest BCUT2D eigenvalue weighted by Crippen LogP contribution is -2.15. The molecule has 2 aromatic carbocycles. The van der Waals surface area contributed by atoms with Crippen LogP contribution in [0.15, 0.2) is 36.4 Å². The minimum Gasteiger partial charge on any atom is -0.504 e. The van der Waals surface area contributed by atoms with Gasteiger partial charge < -0.3 is 24.4 Å². The van der Waals surface area contributed by atoms with Gasteiger partial charge in [-0.3, -0.25) is 0 Å². The summed E-state index contributed by atoms with van der Waals surface area (Å²) in [5, 5.41) is 19.4. The van der Waals surface area contributed by atoms with Crippen molar-refractivity contribution >= 4 is 17.6 Å². The van der Waals surface area contributed by atoms with Crippen LogP contribution in [0.2, 0.25) is 0 Å². The third kappa shape index (κ3) is 3.68. The van der Waals surface area contributed by atoms with E-state index in [1.807, 2.05) is 0 Å². The van der Waals surface area contributed by atoms with Crippen molar-refractivity contribution in [3.05, 3.63) is 47.5 Å². The molecule has 130 valence electrons. The highest BCUT2D eigenvalue weighted by Gasteiger charge is 2.17. The van der Waals surface area contributed by atoms with Gasteiger partial charge in [0.05, 0.1) is 12.2 Å². The molecule has 0 aliphatic carbocycles. The Hall–Kier alpha value is -3.15. The summed E-state index contributed by atoms with van der Waals surface area (Å²) in [4.78, 5) is 11.7. The highest BCUT2D eigenvalue weighted by atomic mass is 16.6. The molecule has 0 atom stereocenters. The van der Waals surface area contributed by atoms with Crippen molar-refractivity contribution in [3.63, 3.8) is 0 Å². The van der Waals surface area contributed by atoms with Gasteiger partial charge in [-0.15, -0.1) is 0 Å². The fourth-order valence-corrected chi connectivity index (χ4v) is 2.54. The number of carboxylic acids is 1. The molecule has 1 aliphatic rings. The summed E-state index contributed by atoms with van der Waals surface area (Å²) in [5.74, 6) is 0.376. The zero-order valence-electron chi connectivity index (χ0n) is 13.7. The highest BCUT2D eigenvalue weighted by Crippen LogP contribution is 2.34. The van der Waals surface area contributed by atoms with Crippen LogP contribution in [0.5, 0.6) is 23.0 Å². The van der Waals surface area contributed by atoms with Gasteiger partial charge in [0.1, 0.15) is 13.2 Å². The van der Waals surface area contributed by atoms with Gasteiger partial charge in [0, 0.05) is 0 Å². The second kappa shape index (κ2) is 7.17. The summed E-state index contributed by atoms with van der Waals surface area (Å²) in [6.45, 7) is 3.11. The van der Waals surface area contributed by atoms with E-state index in [2.05, 4.69) is 0 Å². The number of carboxylic acid groups (broad SMARTS) is 1. The zero-order valence-corrected chi connectivity index (χ0v) is 13.7. The van der Waals surface area contributed by atoms with E-state index in [1.54, 1.807) is 37.3 Å². The molecule has 6 nitrogen and oxygen atoms in total. The van der Waals surface area contributed by atoms with Gasteiger partial charge in [-0.1, -0.05) is 12.1 Å². The number of carbonyl (C=O) groups is 1. The van der Waals surface area contributed by atoms with Gasteiger partial charge in [0.15, 0.2) is 23.0 Å². The lowest BCUT2D eigenvalue weighted by Gasteiger charge is -2.19. The molecule has 2 N–H and O–H groups in total. The van der Waals surface area contributed by atoms with Gasteiger partial charge in [-0.05, 0) is 48.4 Å².